The number of anilines is 1. The number of nitrogens with zero attached hydrogens (tertiary/aromatic N) is 3. The predicted molar refractivity (Wildman–Crippen MR) is 47.4 cm³/mol. The summed E-state index contributed by atoms with van der Waals surface area (Å²) in [5, 5.41) is 2.82. The van der Waals surface area contributed by atoms with Crippen LogP contribution in [-0.4, -0.2) is 19.6 Å². The summed E-state index contributed by atoms with van der Waals surface area (Å²) in [5.41, 5.74) is 5.16. The largest absolute Gasteiger partial charge is 0.383 e. The first kappa shape index (κ1) is 7.78. The Bertz CT molecular complexity index is 497. The monoisotopic (exact) mass is 179 g/mol. The molecule has 6 nitrogen and oxygen atoms in total. The second kappa shape index (κ2) is 2.58. The molecule has 0 bridgehead atoms. The number of nitrogens with one attached hydrogen (secondary N) is 1. The number of hydrogen-bond donors (Lipinski definition) is 2. The molecule has 0 radical (unpaired) electrons. The zero-order chi connectivity index (χ0) is 9.42. The molecule has 0 aliphatic rings. The van der Waals surface area contributed by atoms with Crippen LogP contribution in [0.25, 0.3) is 5.78 Å². The van der Waals surface area contributed by atoms with Gasteiger partial charge in [-0.3, -0.25) is 9.89 Å². The van der Waals surface area contributed by atoms with Gasteiger partial charge in [-0.25, -0.2) is 0 Å². The van der Waals surface area contributed by atoms with Crippen LogP contribution in [0.2, 0.25) is 0 Å². The van der Waals surface area contributed by atoms with Crippen LogP contribution in [0.1, 0.15) is 12.7 Å². The van der Waals surface area contributed by atoms with Gasteiger partial charge in [-0.2, -0.15) is 14.5 Å². The van der Waals surface area contributed by atoms with Crippen LogP contribution >= 0.6 is 0 Å². The lowest BCUT2D eigenvalue weighted by atomic mass is 10.5. The van der Waals surface area contributed by atoms with Crippen molar-refractivity contribution in [1.82, 2.24) is 19.6 Å². The number of nitrogen functional groups attached to an aromatic ring is 1. The van der Waals surface area contributed by atoms with Gasteiger partial charge < -0.3 is 5.73 Å². The Morgan fingerprint density at radius 2 is 2.38 bits per heavy atom. The third-order valence-electron chi connectivity index (χ3n) is 1.73. The molecule has 0 atom stereocenters. The molecule has 0 amide bonds. The van der Waals surface area contributed by atoms with Crippen LogP contribution in [0.15, 0.2) is 10.9 Å². The molecule has 3 N–H and O–H groups in total. The maximum Gasteiger partial charge on any atom is 0.276 e. The number of rotatable bonds is 1. The molecule has 0 spiro atoms. The van der Waals surface area contributed by atoms with Crippen LogP contribution in [0.4, 0.5) is 5.82 Å². The third kappa shape index (κ3) is 1.16. The van der Waals surface area contributed by atoms with Crippen molar-refractivity contribution in [2.75, 3.05) is 5.73 Å². The molecule has 13 heavy (non-hydrogen) atoms. The van der Waals surface area contributed by atoms with E-state index in [1.165, 1.54) is 10.6 Å². The molecule has 6 heteroatoms. The smallest absolute Gasteiger partial charge is 0.276 e. The lowest BCUT2D eigenvalue weighted by Crippen LogP contribution is -2.15. The highest BCUT2D eigenvalue weighted by Crippen LogP contribution is 1.97. The number of nitrogens with two attached hydrogens (primary N) is 1. The van der Waals surface area contributed by atoms with Gasteiger partial charge in [-0.1, -0.05) is 6.92 Å². The highest BCUT2D eigenvalue weighted by atomic mass is 16.1. The van der Waals surface area contributed by atoms with Crippen molar-refractivity contribution in [3.8, 4) is 0 Å². The van der Waals surface area contributed by atoms with Gasteiger partial charge in [0, 0.05) is 12.5 Å². The molecule has 0 saturated carbocycles. The van der Waals surface area contributed by atoms with E-state index in [9.17, 15) is 4.79 Å². The molecule has 0 fully saturated rings. The number of fused-ring (bicyclic) bond motifs is 1. The first-order valence-corrected chi connectivity index (χ1v) is 3.95. The lowest BCUT2D eigenvalue weighted by molar-refractivity contribution is 0.855. The molecule has 0 saturated heterocycles. The van der Waals surface area contributed by atoms with Crippen molar-refractivity contribution >= 4 is 11.6 Å². The Balaban J connectivity index is 2.83. The lowest BCUT2D eigenvalue weighted by Gasteiger charge is -1.90. The fourth-order valence-electron chi connectivity index (χ4n) is 1.10. The van der Waals surface area contributed by atoms with Gasteiger partial charge in [0.25, 0.3) is 11.3 Å². The summed E-state index contributed by atoms with van der Waals surface area (Å²) in [6, 6.07) is 1.25. The molecule has 0 unspecified atom stereocenters. The van der Waals surface area contributed by atoms with E-state index in [1.54, 1.807) is 0 Å². The standard InChI is InChI=1S/C7H9N5O/c1-2-5-10-7-9-4(8)3-6(13)12(7)11-5/h3H,2,8H2,1H3,(H,9,10,11). The molecule has 2 heterocycles. The van der Waals surface area contributed by atoms with Crippen molar-refractivity contribution in [3.63, 3.8) is 0 Å². The average Bonchev–Trinajstić information content (AvgIpc) is 2.47. The average molecular weight is 179 g/mol. The second-order valence-electron chi connectivity index (χ2n) is 2.68. The SMILES string of the molecule is CCc1nc2nc(N)cc(=O)n2[nH]1. The van der Waals surface area contributed by atoms with E-state index in [0.717, 1.165) is 12.2 Å². The molecule has 2 aromatic heterocycles. The van der Waals surface area contributed by atoms with Crippen molar-refractivity contribution < 1.29 is 0 Å². The van der Waals surface area contributed by atoms with Gasteiger partial charge in [0.1, 0.15) is 11.6 Å². The third-order valence-corrected chi connectivity index (χ3v) is 1.73. The quantitative estimate of drug-likeness (QED) is 0.621. The van der Waals surface area contributed by atoms with Crippen LogP contribution in [-0.2, 0) is 6.42 Å². The molecule has 2 rings (SSSR count). The maximum absolute atomic E-state index is 11.3. The molecule has 0 aliphatic carbocycles. The van der Waals surface area contributed by atoms with Gasteiger partial charge >= 0.3 is 0 Å². The van der Waals surface area contributed by atoms with Gasteiger partial charge in [-0.05, 0) is 0 Å². The van der Waals surface area contributed by atoms with Crippen LogP contribution in [0, 0.1) is 0 Å². The molecule has 0 aliphatic heterocycles. The summed E-state index contributed by atoms with van der Waals surface area (Å²) >= 11 is 0. The molecule has 2 aromatic rings. The number of aromatic amines is 1. The zero-order valence-corrected chi connectivity index (χ0v) is 7.11. The summed E-state index contributed by atoms with van der Waals surface area (Å²) in [6.45, 7) is 1.94. The fourth-order valence-corrected chi connectivity index (χ4v) is 1.10. The van der Waals surface area contributed by atoms with Crippen LogP contribution in [0.5, 0.6) is 0 Å². The Hall–Kier alpha value is -1.85. The minimum absolute atomic E-state index is 0.194. The maximum atomic E-state index is 11.3. The van der Waals surface area contributed by atoms with E-state index in [0.29, 0.717) is 5.78 Å². The number of H-pyrrole nitrogens is 1. The number of aryl methyl sites for hydroxylation is 1. The first-order chi connectivity index (χ1) is 6.20. The summed E-state index contributed by atoms with van der Waals surface area (Å²) in [6.07, 6.45) is 0.725. The van der Waals surface area contributed by atoms with E-state index in [-0.39, 0.29) is 11.4 Å². The summed E-state index contributed by atoms with van der Waals surface area (Å²) in [5.74, 6) is 1.23. The summed E-state index contributed by atoms with van der Waals surface area (Å²) < 4.78 is 1.27. The van der Waals surface area contributed by atoms with Crippen molar-refractivity contribution in [2.45, 2.75) is 13.3 Å². The van der Waals surface area contributed by atoms with Crippen molar-refractivity contribution in [2.24, 2.45) is 0 Å². The van der Waals surface area contributed by atoms with E-state index >= 15 is 0 Å². The van der Waals surface area contributed by atoms with E-state index in [2.05, 4.69) is 15.1 Å². The van der Waals surface area contributed by atoms with Gasteiger partial charge in [0.15, 0.2) is 0 Å². The predicted octanol–water partition coefficient (Wildman–Crippen LogP) is -0.438. The molecule has 0 aromatic carbocycles. The minimum atomic E-state index is -0.241. The topological polar surface area (TPSA) is 89.1 Å². The van der Waals surface area contributed by atoms with E-state index < -0.39 is 0 Å². The second-order valence-corrected chi connectivity index (χ2v) is 2.68. The van der Waals surface area contributed by atoms with Crippen molar-refractivity contribution in [3.05, 3.63) is 22.2 Å². The highest BCUT2D eigenvalue weighted by Gasteiger charge is 2.04. The molecular weight excluding hydrogens is 170 g/mol. The first-order valence-electron chi connectivity index (χ1n) is 3.95. The molecule has 68 valence electrons. The summed E-state index contributed by atoms with van der Waals surface area (Å²) in [4.78, 5) is 19.3. The van der Waals surface area contributed by atoms with E-state index in [1.807, 2.05) is 6.92 Å². The van der Waals surface area contributed by atoms with Gasteiger partial charge in [0.2, 0.25) is 0 Å². The van der Waals surface area contributed by atoms with E-state index in [4.69, 9.17) is 5.73 Å². The van der Waals surface area contributed by atoms with Crippen LogP contribution in [0.3, 0.4) is 0 Å². The highest BCUT2D eigenvalue weighted by molar-refractivity contribution is 5.37. The van der Waals surface area contributed by atoms with Gasteiger partial charge in [0.05, 0.1) is 0 Å². The number of hydrogen-bond acceptors (Lipinski definition) is 4. The Morgan fingerprint density at radius 3 is 3.08 bits per heavy atom. The fraction of sp³-hybridized carbons (Fsp3) is 0.286. The normalized spacial score (nSPS) is 10.8. The summed E-state index contributed by atoms with van der Waals surface area (Å²) in [7, 11) is 0. The Morgan fingerprint density at radius 1 is 1.62 bits per heavy atom. The Kier molecular flexibility index (Phi) is 1.54. The van der Waals surface area contributed by atoms with Gasteiger partial charge in [-0.15, -0.1) is 0 Å². The van der Waals surface area contributed by atoms with Crippen LogP contribution < -0.4 is 11.3 Å². The Labute approximate surface area is 73.4 Å². The molecular formula is C7H9N5O. The van der Waals surface area contributed by atoms with Crippen molar-refractivity contribution in [1.29, 1.82) is 0 Å². The number of aromatic nitrogens is 4. The minimum Gasteiger partial charge on any atom is -0.383 e. The zero-order valence-electron chi connectivity index (χ0n) is 7.11.